The van der Waals surface area contributed by atoms with Crippen LogP contribution >= 0.6 is 11.6 Å². The molecule has 0 aromatic heterocycles. The van der Waals surface area contributed by atoms with E-state index in [4.69, 9.17) is 11.6 Å². The van der Waals surface area contributed by atoms with Crippen LogP contribution in [0.5, 0.6) is 0 Å². The number of rotatable bonds is 1. The molecule has 5 heteroatoms. The molecular weight excluding hydrogens is 265 g/mol. The van der Waals surface area contributed by atoms with Gasteiger partial charge in [0.2, 0.25) is 0 Å². The first kappa shape index (κ1) is 13.2. The van der Waals surface area contributed by atoms with E-state index in [0.717, 1.165) is 13.0 Å². The molecule has 0 radical (unpaired) electrons. The van der Waals surface area contributed by atoms with Crippen molar-refractivity contribution in [3.05, 3.63) is 47.0 Å². The first-order chi connectivity index (χ1) is 8.23. The lowest BCUT2D eigenvalue weighted by Crippen LogP contribution is -2.39. The molecule has 1 N–H and O–H groups in total. The van der Waals surface area contributed by atoms with Crippen LogP contribution in [-0.2, 0) is 5.60 Å². The quantitative estimate of drug-likeness (QED) is 0.824. The zero-order chi connectivity index (χ0) is 13.6. The first-order valence-electron chi connectivity index (χ1n) is 5.21. The van der Waals surface area contributed by atoms with Crippen LogP contribution in [0.2, 0.25) is 5.02 Å². The molecule has 1 atom stereocenters. The molecule has 0 saturated heterocycles. The summed E-state index contributed by atoms with van der Waals surface area (Å²) in [6, 6.07) is 9.21. The number of halogens is 4. The summed E-state index contributed by atoms with van der Waals surface area (Å²) in [5.41, 5.74) is -3.17. The lowest BCUT2D eigenvalue weighted by molar-refractivity contribution is -0.258. The minimum atomic E-state index is -4.76. The molecule has 1 unspecified atom stereocenters. The van der Waals surface area contributed by atoms with Crippen molar-refractivity contribution in [1.82, 2.24) is 0 Å². The number of fused-ring (bicyclic) bond motifs is 1. The van der Waals surface area contributed by atoms with Crippen molar-refractivity contribution in [3.63, 3.8) is 0 Å². The van der Waals surface area contributed by atoms with E-state index in [9.17, 15) is 18.3 Å². The van der Waals surface area contributed by atoms with E-state index >= 15 is 0 Å². The summed E-state index contributed by atoms with van der Waals surface area (Å²) in [6.45, 7) is 0.727. The molecule has 0 saturated carbocycles. The third-order valence-electron chi connectivity index (χ3n) is 2.90. The van der Waals surface area contributed by atoms with Gasteiger partial charge in [0.15, 0.2) is 5.60 Å². The Kier molecular flexibility index (Phi) is 3.03. The third-order valence-corrected chi connectivity index (χ3v) is 3.12. The summed E-state index contributed by atoms with van der Waals surface area (Å²) in [6.07, 6.45) is -4.76. The molecule has 0 heterocycles. The van der Waals surface area contributed by atoms with Crippen molar-refractivity contribution in [2.75, 3.05) is 0 Å². The molecule has 0 amide bonds. The van der Waals surface area contributed by atoms with E-state index in [2.05, 4.69) is 0 Å². The molecule has 96 valence electrons. The second kappa shape index (κ2) is 4.14. The Labute approximate surface area is 107 Å². The monoisotopic (exact) mass is 274 g/mol. The second-order valence-corrected chi connectivity index (χ2v) is 4.68. The Balaban J connectivity index is 2.79. The van der Waals surface area contributed by atoms with Crippen molar-refractivity contribution in [2.45, 2.75) is 18.7 Å². The van der Waals surface area contributed by atoms with Crippen LogP contribution in [0.15, 0.2) is 36.4 Å². The predicted octanol–water partition coefficient (Wildman–Crippen LogP) is 4.26. The molecular formula is C13H10ClF3O. The van der Waals surface area contributed by atoms with Crippen LogP contribution < -0.4 is 0 Å². The van der Waals surface area contributed by atoms with Crippen molar-refractivity contribution >= 4 is 22.4 Å². The van der Waals surface area contributed by atoms with E-state index in [0.29, 0.717) is 10.8 Å². The van der Waals surface area contributed by atoms with Gasteiger partial charge in [-0.1, -0.05) is 35.9 Å². The van der Waals surface area contributed by atoms with Gasteiger partial charge >= 0.3 is 6.18 Å². The van der Waals surface area contributed by atoms with Crippen LogP contribution in [0.4, 0.5) is 13.2 Å². The van der Waals surface area contributed by atoms with E-state index in [1.165, 1.54) is 6.07 Å². The van der Waals surface area contributed by atoms with Crippen molar-refractivity contribution < 1.29 is 18.3 Å². The lowest BCUT2D eigenvalue weighted by Gasteiger charge is -2.28. The Bertz CT molecular complexity index is 590. The highest BCUT2D eigenvalue weighted by molar-refractivity contribution is 6.31. The maximum atomic E-state index is 12.9. The zero-order valence-electron chi connectivity index (χ0n) is 9.42. The van der Waals surface area contributed by atoms with E-state index in [1.54, 1.807) is 24.3 Å². The molecule has 18 heavy (non-hydrogen) atoms. The fraction of sp³-hybridized carbons (Fsp3) is 0.231. The van der Waals surface area contributed by atoms with Gasteiger partial charge in [-0.05, 0) is 29.8 Å². The van der Waals surface area contributed by atoms with Gasteiger partial charge < -0.3 is 5.11 Å². The summed E-state index contributed by atoms with van der Waals surface area (Å²) >= 11 is 5.80. The zero-order valence-corrected chi connectivity index (χ0v) is 10.2. The maximum Gasteiger partial charge on any atom is 0.421 e. The van der Waals surface area contributed by atoms with Crippen LogP contribution in [0.25, 0.3) is 10.8 Å². The molecule has 0 bridgehead atoms. The largest absolute Gasteiger partial charge is 0.421 e. The van der Waals surface area contributed by atoms with Gasteiger partial charge in [0.05, 0.1) is 0 Å². The summed E-state index contributed by atoms with van der Waals surface area (Å²) in [7, 11) is 0. The Morgan fingerprint density at radius 1 is 1.11 bits per heavy atom. The summed E-state index contributed by atoms with van der Waals surface area (Å²) in [4.78, 5) is 0. The number of aliphatic hydroxyl groups is 1. The summed E-state index contributed by atoms with van der Waals surface area (Å²) in [5.74, 6) is 0. The molecule has 0 spiro atoms. The smallest absolute Gasteiger partial charge is 0.376 e. The Morgan fingerprint density at radius 2 is 1.72 bits per heavy atom. The normalized spacial score (nSPS) is 15.7. The standard InChI is InChI=1S/C13H10ClF3O/c1-12(18,13(15,16)17)11-7-9(14)6-8-4-2-3-5-10(8)11/h2-7,18H,1H3. The minimum Gasteiger partial charge on any atom is -0.376 e. The van der Waals surface area contributed by atoms with E-state index in [1.807, 2.05) is 0 Å². The number of hydrogen-bond donors (Lipinski definition) is 1. The van der Waals surface area contributed by atoms with Gasteiger partial charge in [-0.2, -0.15) is 13.2 Å². The topological polar surface area (TPSA) is 20.2 Å². The predicted molar refractivity (Wildman–Crippen MR) is 64.6 cm³/mol. The molecule has 2 aromatic rings. The highest BCUT2D eigenvalue weighted by Gasteiger charge is 2.51. The van der Waals surface area contributed by atoms with Crippen LogP contribution in [0, 0.1) is 0 Å². The minimum absolute atomic E-state index is 0.160. The number of hydrogen-bond acceptors (Lipinski definition) is 1. The highest BCUT2D eigenvalue weighted by Crippen LogP contribution is 2.42. The first-order valence-corrected chi connectivity index (χ1v) is 5.59. The molecule has 0 aliphatic carbocycles. The van der Waals surface area contributed by atoms with Gasteiger partial charge in [-0.15, -0.1) is 0 Å². The van der Waals surface area contributed by atoms with Crippen LogP contribution in [-0.4, -0.2) is 11.3 Å². The molecule has 0 aliphatic heterocycles. The third kappa shape index (κ3) is 2.06. The second-order valence-electron chi connectivity index (χ2n) is 4.24. The van der Waals surface area contributed by atoms with Crippen LogP contribution in [0.1, 0.15) is 12.5 Å². The SMILES string of the molecule is CC(O)(c1cc(Cl)cc2ccccc12)C(F)(F)F. The fourth-order valence-corrected chi connectivity index (χ4v) is 2.06. The van der Waals surface area contributed by atoms with Gasteiger partial charge in [0.25, 0.3) is 0 Å². The van der Waals surface area contributed by atoms with Crippen molar-refractivity contribution in [3.8, 4) is 0 Å². The lowest BCUT2D eigenvalue weighted by atomic mass is 9.90. The molecule has 0 aliphatic rings. The van der Waals surface area contributed by atoms with Gasteiger partial charge in [0.1, 0.15) is 0 Å². The van der Waals surface area contributed by atoms with Crippen molar-refractivity contribution in [1.29, 1.82) is 0 Å². The van der Waals surface area contributed by atoms with Crippen LogP contribution in [0.3, 0.4) is 0 Å². The highest BCUT2D eigenvalue weighted by atomic mass is 35.5. The maximum absolute atomic E-state index is 12.9. The fourth-order valence-electron chi connectivity index (χ4n) is 1.83. The Morgan fingerprint density at radius 3 is 2.33 bits per heavy atom. The average molecular weight is 275 g/mol. The molecule has 0 fully saturated rings. The summed E-state index contributed by atoms with van der Waals surface area (Å²) in [5, 5.41) is 10.8. The van der Waals surface area contributed by atoms with E-state index in [-0.39, 0.29) is 10.6 Å². The van der Waals surface area contributed by atoms with Gasteiger partial charge in [-0.25, -0.2) is 0 Å². The van der Waals surface area contributed by atoms with Gasteiger partial charge in [0, 0.05) is 10.6 Å². The number of benzene rings is 2. The average Bonchev–Trinajstić information content (AvgIpc) is 2.26. The van der Waals surface area contributed by atoms with E-state index < -0.39 is 11.8 Å². The molecule has 2 aromatic carbocycles. The van der Waals surface area contributed by atoms with Crippen molar-refractivity contribution in [2.24, 2.45) is 0 Å². The molecule has 1 nitrogen and oxygen atoms in total. The number of alkyl halides is 3. The molecule has 2 rings (SSSR count). The summed E-state index contributed by atoms with van der Waals surface area (Å²) < 4.78 is 38.7. The Hall–Kier alpha value is -1.26. The van der Waals surface area contributed by atoms with Gasteiger partial charge in [-0.3, -0.25) is 0 Å².